The molecule has 0 saturated carbocycles. The summed E-state index contributed by atoms with van der Waals surface area (Å²) >= 11 is 12.2. The number of ether oxygens (including phenoxy) is 2. The Morgan fingerprint density at radius 3 is 2.56 bits per heavy atom. The first-order valence-corrected chi connectivity index (χ1v) is 14.9. The third-order valence-electron chi connectivity index (χ3n) is 7.21. The molecule has 9 heteroatoms. The van der Waals surface area contributed by atoms with Crippen molar-refractivity contribution in [3.8, 4) is 0 Å². The van der Waals surface area contributed by atoms with Crippen LogP contribution in [-0.2, 0) is 32.1 Å². The minimum Gasteiger partial charge on any atom is -0.465 e. The number of hydrogen-bond donors (Lipinski definition) is 2. The van der Waals surface area contributed by atoms with E-state index in [1.807, 2.05) is 61.5 Å². The molecule has 7 nitrogen and oxygen atoms in total. The standard InChI is InChI=1S/C32H42ClN3O4S/c1-22(34)30(38)35-29(23(2)39-20-25-10-6-5-7-11-25)31(41)36-17-9-14-28(36)15-16-32(4,21-40-24(3)37)19-26-12-8-13-27(33)18-26/h5-8,10-13,15-16,18,22-23,28-29H,9,14,17,19-21,34H2,1-4H3,(H,35,38)/b16-15+/t22?,23-,28?,29+,32+/m1/s1. The highest BCUT2D eigenvalue weighted by atomic mass is 35.5. The van der Waals surface area contributed by atoms with Crippen LogP contribution >= 0.6 is 23.8 Å². The molecule has 41 heavy (non-hydrogen) atoms. The normalized spacial score (nSPS) is 18.9. The van der Waals surface area contributed by atoms with Gasteiger partial charge in [-0.25, -0.2) is 0 Å². The van der Waals surface area contributed by atoms with E-state index < -0.39 is 17.5 Å². The Morgan fingerprint density at radius 1 is 1.20 bits per heavy atom. The van der Waals surface area contributed by atoms with Crippen molar-refractivity contribution < 1.29 is 19.1 Å². The molecule has 2 aromatic rings. The molecule has 222 valence electrons. The van der Waals surface area contributed by atoms with E-state index in [1.54, 1.807) is 6.92 Å². The molecule has 0 aromatic heterocycles. The lowest BCUT2D eigenvalue weighted by atomic mass is 9.83. The van der Waals surface area contributed by atoms with E-state index >= 15 is 0 Å². The van der Waals surface area contributed by atoms with Crippen molar-refractivity contribution in [2.24, 2.45) is 11.1 Å². The van der Waals surface area contributed by atoms with Gasteiger partial charge in [-0.15, -0.1) is 0 Å². The largest absolute Gasteiger partial charge is 0.465 e. The molecule has 0 spiro atoms. The molecule has 1 heterocycles. The summed E-state index contributed by atoms with van der Waals surface area (Å²) in [5, 5.41) is 3.69. The van der Waals surface area contributed by atoms with Crippen LogP contribution in [0.1, 0.15) is 51.7 Å². The fourth-order valence-corrected chi connectivity index (χ4v) is 5.58. The van der Waals surface area contributed by atoms with E-state index in [0.29, 0.717) is 23.0 Å². The Bertz CT molecular complexity index is 1210. The summed E-state index contributed by atoms with van der Waals surface area (Å²) < 4.78 is 11.6. The van der Waals surface area contributed by atoms with Gasteiger partial charge in [0.15, 0.2) is 0 Å². The zero-order valence-corrected chi connectivity index (χ0v) is 25.9. The molecule has 0 aliphatic carbocycles. The molecular formula is C32H42ClN3O4S. The van der Waals surface area contributed by atoms with Crippen LogP contribution < -0.4 is 11.1 Å². The summed E-state index contributed by atoms with van der Waals surface area (Å²) in [5.74, 6) is -0.606. The SMILES string of the molecule is CC(=O)OC[C@@](C)(/C=C/C1CCCN1C(=S)[C@@H](NC(=O)C(C)N)[C@@H](C)OCc1ccccc1)Cc1cccc(Cl)c1. The maximum absolute atomic E-state index is 12.7. The fourth-order valence-electron chi connectivity index (χ4n) is 4.89. The van der Waals surface area contributed by atoms with E-state index in [9.17, 15) is 9.59 Å². The summed E-state index contributed by atoms with van der Waals surface area (Å²) in [6, 6.07) is 16.4. The minimum atomic E-state index is -0.677. The zero-order valence-electron chi connectivity index (χ0n) is 24.3. The molecule has 2 unspecified atom stereocenters. The molecule has 3 N–H and O–H groups in total. The van der Waals surface area contributed by atoms with Gasteiger partial charge in [0.25, 0.3) is 0 Å². The van der Waals surface area contributed by atoms with Gasteiger partial charge in [-0.3, -0.25) is 9.59 Å². The number of amides is 1. The number of halogens is 1. The second-order valence-corrected chi connectivity index (χ2v) is 12.0. The summed E-state index contributed by atoms with van der Waals surface area (Å²) in [7, 11) is 0. The van der Waals surface area contributed by atoms with Crippen molar-refractivity contribution in [2.45, 2.75) is 77.8 Å². The van der Waals surface area contributed by atoms with Crippen molar-refractivity contribution >= 4 is 40.7 Å². The van der Waals surface area contributed by atoms with E-state index in [-0.39, 0.29) is 30.6 Å². The van der Waals surface area contributed by atoms with Crippen LogP contribution in [0, 0.1) is 5.41 Å². The van der Waals surface area contributed by atoms with Gasteiger partial charge in [0.05, 0.1) is 18.8 Å². The highest BCUT2D eigenvalue weighted by Crippen LogP contribution is 2.29. The average molecular weight is 600 g/mol. The first-order chi connectivity index (χ1) is 19.5. The number of likely N-dealkylation sites (tertiary alicyclic amines) is 1. The first-order valence-electron chi connectivity index (χ1n) is 14.1. The quantitative estimate of drug-likeness (QED) is 0.185. The highest BCUT2D eigenvalue weighted by Gasteiger charge is 2.34. The van der Waals surface area contributed by atoms with E-state index in [2.05, 4.69) is 29.3 Å². The lowest BCUT2D eigenvalue weighted by molar-refractivity contribution is -0.143. The fraction of sp³-hybridized carbons (Fsp3) is 0.469. The Hall–Kier alpha value is -2.78. The monoisotopic (exact) mass is 599 g/mol. The van der Waals surface area contributed by atoms with Crippen LogP contribution in [0.4, 0.5) is 0 Å². The summed E-state index contributed by atoms with van der Waals surface area (Å²) in [6.07, 6.45) is 6.39. The molecule has 1 aliphatic heterocycles. The Labute approximate surface area is 254 Å². The van der Waals surface area contributed by atoms with Crippen LogP contribution in [0.3, 0.4) is 0 Å². The number of carbonyl (C=O) groups is 2. The minimum absolute atomic E-state index is 0.0227. The van der Waals surface area contributed by atoms with Crippen molar-refractivity contribution in [2.75, 3.05) is 13.2 Å². The van der Waals surface area contributed by atoms with Crippen molar-refractivity contribution in [3.63, 3.8) is 0 Å². The van der Waals surface area contributed by atoms with Crippen molar-refractivity contribution in [1.29, 1.82) is 0 Å². The molecule has 0 radical (unpaired) electrons. The highest BCUT2D eigenvalue weighted by molar-refractivity contribution is 7.80. The van der Waals surface area contributed by atoms with Gasteiger partial charge in [-0.2, -0.15) is 0 Å². The molecule has 5 atom stereocenters. The number of benzene rings is 2. The smallest absolute Gasteiger partial charge is 0.302 e. The molecular weight excluding hydrogens is 558 g/mol. The van der Waals surface area contributed by atoms with Gasteiger partial charge in [-0.05, 0) is 56.4 Å². The second kappa shape index (κ2) is 15.4. The van der Waals surface area contributed by atoms with Crippen molar-refractivity contribution in [1.82, 2.24) is 10.2 Å². The topological polar surface area (TPSA) is 93.9 Å². The molecule has 1 amide bonds. The predicted octanol–water partition coefficient (Wildman–Crippen LogP) is 5.24. The van der Waals surface area contributed by atoms with Gasteiger partial charge < -0.3 is 25.4 Å². The van der Waals surface area contributed by atoms with Crippen LogP contribution in [0.25, 0.3) is 0 Å². The molecule has 3 rings (SSSR count). The van der Waals surface area contributed by atoms with Gasteiger partial charge in [0.2, 0.25) is 5.91 Å². The lowest BCUT2D eigenvalue weighted by Crippen LogP contribution is -2.56. The van der Waals surface area contributed by atoms with Gasteiger partial charge in [-0.1, -0.05) is 85.4 Å². The number of carbonyl (C=O) groups excluding carboxylic acids is 2. The Kier molecular flexibility index (Phi) is 12.3. The number of nitrogens with two attached hydrogens (primary N) is 1. The van der Waals surface area contributed by atoms with Crippen LogP contribution in [0.2, 0.25) is 5.02 Å². The molecule has 0 bridgehead atoms. The van der Waals surface area contributed by atoms with Gasteiger partial charge in [0, 0.05) is 29.9 Å². The number of esters is 1. The third-order valence-corrected chi connectivity index (χ3v) is 7.93. The van der Waals surface area contributed by atoms with E-state index in [1.165, 1.54) is 6.92 Å². The third kappa shape index (κ3) is 10.2. The summed E-state index contributed by atoms with van der Waals surface area (Å²) in [6.45, 7) is 8.45. The molecule has 1 aliphatic rings. The summed E-state index contributed by atoms with van der Waals surface area (Å²) in [5.41, 5.74) is 7.52. The van der Waals surface area contributed by atoms with Crippen LogP contribution in [0.5, 0.6) is 0 Å². The van der Waals surface area contributed by atoms with Crippen LogP contribution in [0.15, 0.2) is 66.7 Å². The van der Waals surface area contributed by atoms with Gasteiger partial charge >= 0.3 is 5.97 Å². The van der Waals surface area contributed by atoms with Gasteiger partial charge in [0.1, 0.15) is 17.6 Å². The zero-order chi connectivity index (χ0) is 30.0. The van der Waals surface area contributed by atoms with Crippen LogP contribution in [-0.4, -0.2) is 59.1 Å². The predicted molar refractivity (Wildman–Crippen MR) is 168 cm³/mol. The second-order valence-electron chi connectivity index (χ2n) is 11.1. The number of rotatable bonds is 13. The number of hydrogen-bond acceptors (Lipinski definition) is 6. The maximum Gasteiger partial charge on any atom is 0.302 e. The number of thiocarbonyl (C=S) groups is 1. The lowest BCUT2D eigenvalue weighted by Gasteiger charge is -2.34. The molecule has 1 fully saturated rings. The first kappa shape index (κ1) is 32.7. The Balaban J connectivity index is 1.79. The summed E-state index contributed by atoms with van der Waals surface area (Å²) in [4.78, 5) is 27.1. The molecule has 1 saturated heterocycles. The Morgan fingerprint density at radius 2 is 1.90 bits per heavy atom. The number of nitrogens with one attached hydrogen (secondary N) is 1. The maximum atomic E-state index is 12.7. The van der Waals surface area contributed by atoms with E-state index in [0.717, 1.165) is 30.5 Å². The number of nitrogens with zero attached hydrogens (tertiary/aromatic N) is 1. The van der Waals surface area contributed by atoms with E-state index in [4.69, 9.17) is 39.0 Å². The molecule has 2 aromatic carbocycles. The van der Waals surface area contributed by atoms with Crippen molar-refractivity contribution in [3.05, 3.63) is 82.9 Å². The average Bonchev–Trinajstić information content (AvgIpc) is 3.41.